The molecule has 5 N–H and O–H groups in total. The van der Waals surface area contributed by atoms with Crippen molar-refractivity contribution >= 4 is 17.9 Å². The SMILES string of the molecule is CC(CC(N)=O)NC(=O)NC(C)(C)CC(=O)O. The van der Waals surface area contributed by atoms with Crippen LogP contribution in [-0.4, -0.2) is 34.6 Å². The number of carbonyl (C=O) groups excluding carboxylic acids is 2. The second kappa shape index (κ2) is 6.07. The number of rotatable bonds is 6. The number of hydrogen-bond donors (Lipinski definition) is 4. The van der Waals surface area contributed by atoms with Gasteiger partial charge >= 0.3 is 12.0 Å². The van der Waals surface area contributed by atoms with Gasteiger partial charge in [-0.15, -0.1) is 0 Å². The van der Waals surface area contributed by atoms with E-state index in [1.807, 2.05) is 0 Å². The van der Waals surface area contributed by atoms with Gasteiger partial charge in [-0.2, -0.15) is 0 Å². The Balaban J connectivity index is 4.17. The van der Waals surface area contributed by atoms with Gasteiger partial charge in [-0.25, -0.2) is 4.79 Å². The molecule has 0 heterocycles. The summed E-state index contributed by atoms with van der Waals surface area (Å²) in [6.45, 7) is 4.83. The van der Waals surface area contributed by atoms with E-state index in [1.165, 1.54) is 0 Å². The topological polar surface area (TPSA) is 122 Å². The fourth-order valence-electron chi connectivity index (χ4n) is 1.34. The third-order valence-electron chi connectivity index (χ3n) is 1.93. The average Bonchev–Trinajstić information content (AvgIpc) is 1.95. The molecule has 0 aromatic rings. The Bertz CT molecular complexity index is 315. The second-order valence-corrected chi connectivity index (χ2v) is 4.62. The summed E-state index contributed by atoms with van der Waals surface area (Å²) in [4.78, 5) is 32.6. The van der Waals surface area contributed by atoms with Gasteiger partial charge in [0.05, 0.1) is 6.42 Å². The monoisotopic (exact) mass is 245 g/mol. The van der Waals surface area contributed by atoms with Gasteiger partial charge in [-0.05, 0) is 20.8 Å². The van der Waals surface area contributed by atoms with Crippen LogP contribution in [0.3, 0.4) is 0 Å². The van der Waals surface area contributed by atoms with Crippen molar-refractivity contribution in [1.82, 2.24) is 10.6 Å². The van der Waals surface area contributed by atoms with Gasteiger partial charge in [0.2, 0.25) is 5.91 Å². The molecule has 0 aromatic heterocycles. The minimum Gasteiger partial charge on any atom is -0.481 e. The lowest BCUT2D eigenvalue weighted by molar-refractivity contribution is -0.138. The van der Waals surface area contributed by atoms with Crippen LogP contribution in [0.15, 0.2) is 0 Å². The molecule has 0 radical (unpaired) electrons. The van der Waals surface area contributed by atoms with Crippen molar-refractivity contribution < 1.29 is 19.5 Å². The molecule has 0 aromatic carbocycles. The summed E-state index contributed by atoms with van der Waals surface area (Å²) in [5.41, 5.74) is 4.12. The molecule has 3 amide bonds. The quantitative estimate of drug-likeness (QED) is 0.517. The molecule has 1 atom stereocenters. The van der Waals surface area contributed by atoms with Crippen LogP contribution in [0.25, 0.3) is 0 Å². The molecule has 0 saturated heterocycles. The van der Waals surface area contributed by atoms with Crippen molar-refractivity contribution in [2.75, 3.05) is 0 Å². The Hall–Kier alpha value is -1.79. The number of nitrogens with two attached hydrogens (primary N) is 1. The van der Waals surface area contributed by atoms with E-state index >= 15 is 0 Å². The van der Waals surface area contributed by atoms with Crippen molar-refractivity contribution in [1.29, 1.82) is 0 Å². The minimum atomic E-state index is -1.000. The smallest absolute Gasteiger partial charge is 0.315 e. The molecule has 1 unspecified atom stereocenters. The van der Waals surface area contributed by atoms with Gasteiger partial charge in [0, 0.05) is 18.0 Å². The van der Waals surface area contributed by atoms with Crippen molar-refractivity contribution in [3.8, 4) is 0 Å². The Labute approximate surface area is 99.7 Å². The number of urea groups is 1. The van der Waals surface area contributed by atoms with Crippen molar-refractivity contribution in [2.45, 2.75) is 45.2 Å². The fraction of sp³-hybridized carbons (Fsp3) is 0.700. The van der Waals surface area contributed by atoms with Crippen LogP contribution in [-0.2, 0) is 9.59 Å². The number of aliphatic carboxylic acids is 1. The van der Waals surface area contributed by atoms with Crippen molar-refractivity contribution in [3.63, 3.8) is 0 Å². The summed E-state index contributed by atoms with van der Waals surface area (Å²) < 4.78 is 0. The van der Waals surface area contributed by atoms with E-state index in [9.17, 15) is 14.4 Å². The predicted molar refractivity (Wildman–Crippen MR) is 61.3 cm³/mol. The number of carbonyl (C=O) groups is 3. The van der Waals surface area contributed by atoms with Crippen LogP contribution in [0.4, 0.5) is 4.79 Å². The maximum atomic E-state index is 11.5. The van der Waals surface area contributed by atoms with Gasteiger partial charge in [0.1, 0.15) is 0 Å². The molecule has 7 heteroatoms. The highest BCUT2D eigenvalue weighted by Crippen LogP contribution is 2.07. The second-order valence-electron chi connectivity index (χ2n) is 4.62. The lowest BCUT2D eigenvalue weighted by Gasteiger charge is -2.25. The van der Waals surface area contributed by atoms with E-state index in [-0.39, 0.29) is 12.8 Å². The van der Waals surface area contributed by atoms with Crippen LogP contribution in [0.1, 0.15) is 33.6 Å². The number of hydrogen-bond acceptors (Lipinski definition) is 3. The highest BCUT2D eigenvalue weighted by molar-refractivity contribution is 5.78. The number of primary amides is 1. The largest absolute Gasteiger partial charge is 0.481 e. The molecule has 0 bridgehead atoms. The van der Waals surface area contributed by atoms with Gasteiger partial charge in [-0.3, -0.25) is 9.59 Å². The lowest BCUT2D eigenvalue weighted by atomic mass is 10.0. The van der Waals surface area contributed by atoms with Gasteiger partial charge in [-0.1, -0.05) is 0 Å². The maximum absolute atomic E-state index is 11.5. The van der Waals surface area contributed by atoms with Gasteiger partial charge < -0.3 is 21.5 Å². The minimum absolute atomic E-state index is 0.0345. The zero-order valence-corrected chi connectivity index (χ0v) is 10.2. The lowest BCUT2D eigenvalue weighted by Crippen LogP contribution is -2.51. The first kappa shape index (κ1) is 15.2. The number of amides is 3. The first-order chi connectivity index (χ1) is 7.62. The molecular weight excluding hydrogens is 226 g/mol. The van der Waals surface area contributed by atoms with Gasteiger partial charge in [0.15, 0.2) is 0 Å². The fourth-order valence-corrected chi connectivity index (χ4v) is 1.34. The molecule has 0 aliphatic rings. The van der Waals surface area contributed by atoms with Crippen LogP contribution >= 0.6 is 0 Å². The maximum Gasteiger partial charge on any atom is 0.315 e. The Morgan fingerprint density at radius 3 is 2.29 bits per heavy atom. The molecule has 0 aliphatic carbocycles. The Kier molecular flexibility index (Phi) is 5.43. The van der Waals surface area contributed by atoms with Crippen molar-refractivity contribution in [2.24, 2.45) is 5.73 Å². The van der Waals surface area contributed by atoms with E-state index in [0.29, 0.717) is 0 Å². The van der Waals surface area contributed by atoms with E-state index < -0.39 is 29.5 Å². The van der Waals surface area contributed by atoms with E-state index in [4.69, 9.17) is 10.8 Å². The number of carboxylic acids is 1. The molecule has 0 aliphatic heterocycles. The summed E-state index contributed by atoms with van der Waals surface area (Å²) >= 11 is 0. The van der Waals surface area contributed by atoms with Gasteiger partial charge in [0.25, 0.3) is 0 Å². The Morgan fingerprint density at radius 2 is 1.88 bits per heavy atom. The average molecular weight is 245 g/mol. The summed E-state index contributed by atoms with van der Waals surface area (Å²) in [6, 6.07) is -0.918. The zero-order valence-electron chi connectivity index (χ0n) is 10.2. The molecule has 0 rings (SSSR count). The van der Waals surface area contributed by atoms with E-state index in [0.717, 1.165) is 0 Å². The molecule has 0 fully saturated rings. The Morgan fingerprint density at radius 1 is 1.35 bits per heavy atom. The van der Waals surface area contributed by atoms with Crippen LogP contribution < -0.4 is 16.4 Å². The van der Waals surface area contributed by atoms with E-state index in [2.05, 4.69) is 10.6 Å². The summed E-state index contributed by atoms with van der Waals surface area (Å²) in [7, 11) is 0. The van der Waals surface area contributed by atoms with Crippen molar-refractivity contribution in [3.05, 3.63) is 0 Å². The van der Waals surface area contributed by atoms with Crippen LogP contribution in [0, 0.1) is 0 Å². The third-order valence-corrected chi connectivity index (χ3v) is 1.93. The molecule has 98 valence electrons. The first-order valence-electron chi connectivity index (χ1n) is 5.21. The normalized spacial score (nSPS) is 12.6. The summed E-state index contributed by atoms with van der Waals surface area (Å²) in [5.74, 6) is -1.51. The standard InChI is InChI=1S/C10H19N3O4/c1-6(4-7(11)14)12-9(17)13-10(2,3)5-8(15)16/h6H,4-5H2,1-3H3,(H2,11,14)(H,15,16)(H2,12,13,17). The molecule has 7 nitrogen and oxygen atoms in total. The highest BCUT2D eigenvalue weighted by atomic mass is 16.4. The molecule has 0 spiro atoms. The molecule has 17 heavy (non-hydrogen) atoms. The zero-order chi connectivity index (χ0) is 13.6. The van der Waals surface area contributed by atoms with E-state index in [1.54, 1.807) is 20.8 Å². The predicted octanol–water partition coefficient (Wildman–Crippen LogP) is -0.197. The van der Waals surface area contributed by atoms with Crippen LogP contribution in [0.5, 0.6) is 0 Å². The summed E-state index contributed by atoms with van der Waals surface area (Å²) in [5, 5.41) is 13.6. The third kappa shape index (κ3) is 8.06. The highest BCUT2D eigenvalue weighted by Gasteiger charge is 2.24. The first-order valence-corrected chi connectivity index (χ1v) is 5.21. The number of carboxylic acid groups (broad SMARTS) is 1. The summed E-state index contributed by atoms with van der Waals surface area (Å²) in [6.07, 6.45) is -0.155. The van der Waals surface area contributed by atoms with Crippen LogP contribution in [0.2, 0.25) is 0 Å². The number of nitrogens with one attached hydrogen (secondary N) is 2. The molecule has 0 saturated carbocycles. The molecular formula is C10H19N3O4.